The Morgan fingerprint density at radius 3 is 2.39 bits per heavy atom. The molecule has 2 N–H and O–H groups in total. The van der Waals surface area contributed by atoms with E-state index >= 15 is 0 Å². The summed E-state index contributed by atoms with van der Waals surface area (Å²) in [5, 5.41) is 15.0. The Bertz CT molecular complexity index is 698. The molecule has 4 nitrogen and oxygen atoms in total. The van der Waals surface area contributed by atoms with Gasteiger partial charge in [-0.1, -0.05) is 58.4 Å². The molecule has 0 radical (unpaired) electrons. The van der Waals surface area contributed by atoms with Crippen LogP contribution in [0.2, 0.25) is 0 Å². The second-order valence-electron chi connectivity index (χ2n) is 7.19. The first-order valence-corrected chi connectivity index (χ1v) is 10.7. The third-order valence-corrected chi connectivity index (χ3v) is 5.77. The van der Waals surface area contributed by atoms with Crippen molar-refractivity contribution in [2.45, 2.75) is 30.9 Å². The molecule has 1 heterocycles. The summed E-state index contributed by atoms with van der Waals surface area (Å²) in [4.78, 5) is 2.30. The van der Waals surface area contributed by atoms with Crippen molar-refractivity contribution >= 4 is 39.7 Å². The molecule has 7 heteroatoms. The van der Waals surface area contributed by atoms with E-state index in [-0.39, 0.29) is 5.92 Å². The van der Waals surface area contributed by atoms with Crippen LogP contribution in [0.15, 0.2) is 59.1 Å². The minimum Gasteiger partial charge on any atom is -0.389 e. The third kappa shape index (κ3) is 7.30. The average molecular weight is 490 g/mol. The fourth-order valence-electron chi connectivity index (χ4n) is 3.65. The lowest BCUT2D eigenvalue weighted by Crippen LogP contribution is -2.49. The molecule has 1 fully saturated rings. The number of halogens is 3. The van der Waals surface area contributed by atoms with E-state index < -0.39 is 5.60 Å². The second kappa shape index (κ2) is 12.1. The van der Waals surface area contributed by atoms with Crippen molar-refractivity contribution in [2.24, 2.45) is 0 Å². The summed E-state index contributed by atoms with van der Waals surface area (Å²) < 4.78 is 4.26. The third-order valence-electron chi connectivity index (χ3n) is 5.27. The number of nitrogens with zero attached hydrogens (tertiary/aromatic N) is 1. The highest BCUT2D eigenvalue weighted by Gasteiger charge is 2.39. The lowest BCUT2D eigenvalue weighted by atomic mass is 9.76. The Kier molecular flexibility index (Phi) is 10.2. The maximum absolute atomic E-state index is 11.4. The van der Waals surface area contributed by atoms with Crippen molar-refractivity contribution < 1.29 is 8.95 Å². The number of piperidine rings is 1. The predicted octanol–water partition coefficient (Wildman–Crippen LogP) is 5.09. The standard InChI is InChI=1S/C21H27BrN2O.Cl2O/c1-24-12-10-21(25,11-13-24)20(18-8-5-9-19(22)14-18)16-23-15-17-6-3-2-4-7-17;1-3-2/h2-9,14,20,23,25H,10-13,15-16H2,1H3;. The van der Waals surface area contributed by atoms with Crippen molar-refractivity contribution in [3.8, 4) is 0 Å². The van der Waals surface area contributed by atoms with Crippen LogP contribution in [-0.2, 0) is 10.4 Å². The molecule has 1 aliphatic heterocycles. The minimum atomic E-state index is -0.656. The number of hydrogen-bond donors (Lipinski definition) is 2. The van der Waals surface area contributed by atoms with Gasteiger partial charge in [-0.15, -0.1) is 0 Å². The van der Waals surface area contributed by atoms with Gasteiger partial charge in [0.15, 0.2) is 0 Å². The summed E-state index contributed by atoms with van der Waals surface area (Å²) in [5.74, 6) is 0.0856. The monoisotopic (exact) mass is 488 g/mol. The maximum Gasteiger partial charge on any atom is 0.0832 e. The van der Waals surface area contributed by atoms with Gasteiger partial charge in [-0.25, -0.2) is 0 Å². The highest BCUT2D eigenvalue weighted by atomic mass is 79.9. The van der Waals surface area contributed by atoms with Gasteiger partial charge >= 0.3 is 0 Å². The lowest BCUT2D eigenvalue weighted by Gasteiger charge is -2.42. The van der Waals surface area contributed by atoms with Crippen molar-refractivity contribution in [3.63, 3.8) is 0 Å². The van der Waals surface area contributed by atoms with Crippen LogP contribution < -0.4 is 5.32 Å². The van der Waals surface area contributed by atoms with Gasteiger partial charge in [-0.3, -0.25) is 0 Å². The van der Waals surface area contributed by atoms with Crippen LogP contribution in [0.25, 0.3) is 0 Å². The Labute approximate surface area is 186 Å². The average Bonchev–Trinajstić information content (AvgIpc) is 2.69. The van der Waals surface area contributed by atoms with Gasteiger partial charge in [-0.05, 0) is 43.1 Å². The molecule has 3 rings (SSSR count). The molecule has 1 atom stereocenters. The summed E-state index contributed by atoms with van der Waals surface area (Å²) in [6, 6.07) is 18.8. The normalized spacial score (nSPS) is 17.5. The van der Waals surface area contributed by atoms with Crippen molar-refractivity contribution in [2.75, 3.05) is 26.7 Å². The van der Waals surface area contributed by atoms with E-state index in [2.05, 4.69) is 103 Å². The smallest absolute Gasteiger partial charge is 0.0832 e. The van der Waals surface area contributed by atoms with E-state index in [1.165, 1.54) is 11.1 Å². The molecular weight excluding hydrogens is 463 g/mol. The number of aliphatic hydroxyl groups is 1. The molecule has 0 aliphatic carbocycles. The van der Waals surface area contributed by atoms with Gasteiger partial charge in [0.25, 0.3) is 0 Å². The van der Waals surface area contributed by atoms with Crippen molar-refractivity contribution in [1.29, 1.82) is 0 Å². The van der Waals surface area contributed by atoms with E-state index in [0.29, 0.717) is 0 Å². The molecule has 1 aliphatic rings. The van der Waals surface area contributed by atoms with Gasteiger partial charge in [0.1, 0.15) is 0 Å². The molecule has 0 spiro atoms. The van der Waals surface area contributed by atoms with Crippen LogP contribution in [0.4, 0.5) is 0 Å². The molecule has 0 amide bonds. The number of rotatable bonds is 6. The largest absolute Gasteiger partial charge is 0.389 e. The highest BCUT2D eigenvalue weighted by molar-refractivity contribution is 9.10. The topological polar surface area (TPSA) is 44.7 Å². The molecule has 0 aromatic heterocycles. The van der Waals surface area contributed by atoms with Gasteiger partial charge < -0.3 is 15.3 Å². The predicted molar refractivity (Wildman–Crippen MR) is 120 cm³/mol. The number of benzene rings is 2. The van der Waals surface area contributed by atoms with E-state index in [9.17, 15) is 5.11 Å². The Balaban J connectivity index is 0.000000878. The van der Waals surface area contributed by atoms with Crippen LogP contribution >= 0.6 is 39.7 Å². The van der Waals surface area contributed by atoms with Gasteiger partial charge in [0.05, 0.1) is 29.3 Å². The maximum atomic E-state index is 11.4. The quantitative estimate of drug-likeness (QED) is 0.593. The minimum absolute atomic E-state index is 0.0856. The summed E-state index contributed by atoms with van der Waals surface area (Å²) >= 11 is 12.1. The van der Waals surface area contributed by atoms with E-state index in [4.69, 9.17) is 0 Å². The van der Waals surface area contributed by atoms with Gasteiger partial charge in [-0.2, -0.15) is 3.84 Å². The first kappa shape index (κ1) is 23.6. The Morgan fingerprint density at radius 1 is 1.14 bits per heavy atom. The zero-order valence-corrected chi connectivity index (χ0v) is 19.1. The Hall–Kier alpha value is -0.660. The van der Waals surface area contributed by atoms with Gasteiger partial charge in [0.2, 0.25) is 0 Å². The summed E-state index contributed by atoms with van der Waals surface area (Å²) in [6.45, 7) is 3.48. The van der Waals surface area contributed by atoms with Gasteiger partial charge in [0, 0.05) is 36.6 Å². The SMILES string of the molecule is CN1CCC(O)(C(CNCc2ccccc2)c2cccc(Br)c2)CC1.ClOCl. The van der Waals surface area contributed by atoms with Crippen LogP contribution in [0.1, 0.15) is 29.9 Å². The molecule has 1 unspecified atom stereocenters. The van der Waals surface area contributed by atoms with Crippen LogP contribution in [-0.4, -0.2) is 42.3 Å². The number of hydrogen-bond acceptors (Lipinski definition) is 4. The molecule has 0 bridgehead atoms. The summed E-state index contributed by atoms with van der Waals surface area (Å²) in [5.41, 5.74) is 1.81. The molecule has 2 aromatic carbocycles. The molecule has 0 saturated carbocycles. The van der Waals surface area contributed by atoms with E-state index in [1.54, 1.807) is 0 Å². The first-order valence-electron chi connectivity index (χ1n) is 9.29. The van der Waals surface area contributed by atoms with E-state index in [0.717, 1.165) is 43.5 Å². The zero-order valence-electron chi connectivity index (χ0n) is 16.0. The van der Waals surface area contributed by atoms with Crippen LogP contribution in [0.3, 0.4) is 0 Å². The van der Waals surface area contributed by atoms with E-state index in [1.807, 2.05) is 12.1 Å². The summed E-state index contributed by atoms with van der Waals surface area (Å²) in [6.07, 6.45) is 1.63. The molecule has 154 valence electrons. The fourth-order valence-corrected chi connectivity index (χ4v) is 4.07. The summed E-state index contributed by atoms with van der Waals surface area (Å²) in [7, 11) is 2.13. The highest BCUT2D eigenvalue weighted by Crippen LogP contribution is 2.37. The first-order chi connectivity index (χ1) is 13.5. The molecular formula is C21H27BrCl2N2O2. The fraction of sp³-hybridized carbons (Fsp3) is 0.429. The van der Waals surface area contributed by atoms with Crippen molar-refractivity contribution in [3.05, 3.63) is 70.2 Å². The molecule has 2 aromatic rings. The molecule has 28 heavy (non-hydrogen) atoms. The number of nitrogens with one attached hydrogen (secondary N) is 1. The second-order valence-corrected chi connectivity index (χ2v) is 8.57. The number of likely N-dealkylation sites (tertiary alicyclic amines) is 1. The lowest BCUT2D eigenvalue weighted by molar-refractivity contribution is -0.0382. The van der Waals surface area contributed by atoms with Crippen LogP contribution in [0.5, 0.6) is 0 Å². The van der Waals surface area contributed by atoms with Crippen LogP contribution in [0, 0.1) is 0 Å². The Morgan fingerprint density at radius 2 is 1.79 bits per heavy atom. The molecule has 1 saturated heterocycles. The van der Waals surface area contributed by atoms with Crippen molar-refractivity contribution in [1.82, 2.24) is 10.2 Å². The zero-order chi connectivity index (χ0) is 20.4.